The zero-order chi connectivity index (χ0) is 15.1. The Morgan fingerprint density at radius 3 is 1.80 bits per heavy atom. The lowest BCUT2D eigenvalue weighted by Gasteiger charge is -2.14. The van der Waals surface area contributed by atoms with E-state index in [1.165, 1.54) is 62.5 Å². The molecule has 4 heteroatoms. The van der Waals surface area contributed by atoms with Gasteiger partial charge >= 0.3 is 0 Å². The van der Waals surface area contributed by atoms with E-state index in [0.717, 1.165) is 12.8 Å². The predicted octanol–water partition coefficient (Wildman–Crippen LogP) is 4.30. The third kappa shape index (κ3) is 12.9. The van der Waals surface area contributed by atoms with E-state index in [1.807, 2.05) is 0 Å². The second-order valence-corrected chi connectivity index (χ2v) is 6.22. The Hall–Kier alpha value is -0.140. The first-order valence-electron chi connectivity index (χ1n) is 8.38. The summed E-state index contributed by atoms with van der Waals surface area (Å²) < 4.78 is 1.54. The van der Waals surface area contributed by atoms with E-state index in [1.54, 1.807) is 0 Å². The lowest BCUT2D eigenvalue weighted by molar-refractivity contribution is -0.126. The summed E-state index contributed by atoms with van der Waals surface area (Å²) in [6.45, 7) is 2.71. The molecule has 3 nitrogen and oxygen atoms in total. The molecule has 1 unspecified atom stereocenters. The number of rotatable bonds is 14. The quantitative estimate of drug-likeness (QED) is 0.384. The van der Waals surface area contributed by atoms with Crippen molar-refractivity contribution in [3.8, 4) is 0 Å². The Balaban J connectivity index is 3.18. The highest BCUT2D eigenvalue weighted by molar-refractivity contribution is 7.14. The number of nitrogens with zero attached hydrogens (tertiary/aromatic N) is 1. The van der Waals surface area contributed by atoms with Crippen LogP contribution >= 0.6 is 9.39 Å². The molecule has 0 aromatic carbocycles. The summed E-state index contributed by atoms with van der Waals surface area (Å²) in [4.78, 5) is 11.6. The number of hydrogen-bond acceptors (Lipinski definition) is 2. The molecule has 1 N–H and O–H groups in total. The van der Waals surface area contributed by atoms with Crippen LogP contribution in [0, 0.1) is 0 Å². The fraction of sp³-hybridized carbons (Fsp3) is 0.938. The summed E-state index contributed by atoms with van der Waals surface area (Å²) in [5.74, 6) is 0.125. The molecule has 0 aromatic rings. The topological polar surface area (TPSA) is 40.5 Å². The summed E-state index contributed by atoms with van der Waals surface area (Å²) in [5.41, 5.74) is 0. The number of carbonyl (C=O) groups is 1. The van der Waals surface area contributed by atoms with Gasteiger partial charge < -0.3 is 9.78 Å². The van der Waals surface area contributed by atoms with Gasteiger partial charge in [-0.05, 0) is 15.8 Å². The van der Waals surface area contributed by atoms with Crippen molar-refractivity contribution in [2.75, 3.05) is 13.2 Å². The molecular weight excluding hydrogens is 269 g/mol. The number of aliphatic hydroxyl groups excluding tert-OH is 1. The van der Waals surface area contributed by atoms with E-state index >= 15 is 0 Å². The summed E-state index contributed by atoms with van der Waals surface area (Å²) in [5, 5.41) is 8.74. The minimum absolute atomic E-state index is 0.0352. The molecule has 0 aliphatic heterocycles. The number of carbonyl (C=O) groups excluding carboxylic acids is 1. The number of unbranched alkanes of at least 4 members (excludes halogenated alkanes) is 10. The molecule has 0 bridgehead atoms. The maximum absolute atomic E-state index is 11.6. The molecule has 0 heterocycles. The van der Waals surface area contributed by atoms with Gasteiger partial charge in [0.15, 0.2) is 0 Å². The first-order chi connectivity index (χ1) is 9.72. The molecule has 0 aliphatic rings. The molecule has 0 rings (SSSR count). The van der Waals surface area contributed by atoms with Gasteiger partial charge in [-0.3, -0.25) is 4.79 Å². The first-order valence-corrected chi connectivity index (χ1v) is 8.90. The van der Waals surface area contributed by atoms with Crippen LogP contribution in [0.5, 0.6) is 0 Å². The van der Waals surface area contributed by atoms with Crippen LogP contribution in [0.2, 0.25) is 0 Å². The standard InChI is InChI=1S/C16H34NO2P/c1-2-3-4-5-6-7-8-9-10-11-12-13-16(19)17(20)14-15-18/h18H,2-15,20H2,1H3. The Morgan fingerprint density at radius 2 is 1.35 bits per heavy atom. The third-order valence-electron chi connectivity index (χ3n) is 3.66. The second kappa shape index (κ2) is 15.3. The van der Waals surface area contributed by atoms with Crippen LogP contribution in [0.1, 0.15) is 84.0 Å². The molecule has 0 saturated carbocycles. The monoisotopic (exact) mass is 303 g/mol. The van der Waals surface area contributed by atoms with Crippen molar-refractivity contribution < 1.29 is 9.90 Å². The van der Waals surface area contributed by atoms with Gasteiger partial charge in [0.25, 0.3) is 0 Å². The number of amides is 1. The Kier molecular flexibility index (Phi) is 15.1. The van der Waals surface area contributed by atoms with Gasteiger partial charge in [-0.25, -0.2) is 0 Å². The Bertz CT molecular complexity index is 225. The molecule has 0 saturated heterocycles. The van der Waals surface area contributed by atoms with Crippen molar-refractivity contribution in [2.45, 2.75) is 84.0 Å². The van der Waals surface area contributed by atoms with Crippen molar-refractivity contribution in [1.29, 1.82) is 0 Å². The van der Waals surface area contributed by atoms with E-state index in [9.17, 15) is 4.79 Å². The molecule has 0 radical (unpaired) electrons. The summed E-state index contributed by atoms with van der Waals surface area (Å²) in [7, 11) is 2.38. The fourth-order valence-corrected chi connectivity index (χ4v) is 2.56. The van der Waals surface area contributed by atoms with E-state index in [4.69, 9.17) is 5.11 Å². The van der Waals surface area contributed by atoms with Crippen molar-refractivity contribution in [3.63, 3.8) is 0 Å². The lowest BCUT2D eigenvalue weighted by atomic mass is 10.1. The van der Waals surface area contributed by atoms with Crippen molar-refractivity contribution in [1.82, 2.24) is 4.67 Å². The van der Waals surface area contributed by atoms with Crippen molar-refractivity contribution in [3.05, 3.63) is 0 Å². The van der Waals surface area contributed by atoms with Crippen LogP contribution in [0.25, 0.3) is 0 Å². The summed E-state index contributed by atoms with van der Waals surface area (Å²) in [6.07, 6.45) is 14.9. The van der Waals surface area contributed by atoms with Crippen LogP contribution in [0.4, 0.5) is 0 Å². The SMILES string of the molecule is CCCCCCCCCCCCCC(=O)N(P)CCO. The summed E-state index contributed by atoms with van der Waals surface area (Å²) >= 11 is 0. The molecule has 1 atom stereocenters. The van der Waals surface area contributed by atoms with E-state index < -0.39 is 0 Å². The molecule has 0 aliphatic carbocycles. The largest absolute Gasteiger partial charge is 0.395 e. The molecule has 120 valence electrons. The average molecular weight is 303 g/mol. The van der Waals surface area contributed by atoms with Crippen LogP contribution in [0.3, 0.4) is 0 Å². The van der Waals surface area contributed by atoms with Crippen LogP contribution in [-0.2, 0) is 4.79 Å². The molecule has 0 spiro atoms. The number of hydrogen-bond donors (Lipinski definition) is 1. The van der Waals surface area contributed by atoms with Crippen molar-refractivity contribution in [2.24, 2.45) is 0 Å². The maximum Gasteiger partial charge on any atom is 0.225 e. The third-order valence-corrected chi connectivity index (χ3v) is 4.20. The highest BCUT2D eigenvalue weighted by atomic mass is 31.0. The zero-order valence-electron chi connectivity index (χ0n) is 13.3. The Morgan fingerprint density at radius 1 is 0.900 bits per heavy atom. The van der Waals surface area contributed by atoms with Gasteiger partial charge in [-0.1, -0.05) is 71.1 Å². The van der Waals surface area contributed by atoms with Gasteiger partial charge in [-0.2, -0.15) is 0 Å². The van der Waals surface area contributed by atoms with Gasteiger partial charge in [-0.15, -0.1) is 0 Å². The smallest absolute Gasteiger partial charge is 0.225 e. The van der Waals surface area contributed by atoms with E-state index in [0.29, 0.717) is 13.0 Å². The molecule has 0 aromatic heterocycles. The molecular formula is C16H34NO2P. The zero-order valence-corrected chi connectivity index (χ0v) is 14.4. The van der Waals surface area contributed by atoms with Crippen LogP contribution < -0.4 is 0 Å². The van der Waals surface area contributed by atoms with Gasteiger partial charge in [0.1, 0.15) is 0 Å². The highest BCUT2D eigenvalue weighted by Crippen LogP contribution is 2.12. The molecule has 0 fully saturated rings. The number of aliphatic hydroxyl groups is 1. The first kappa shape index (κ1) is 19.9. The minimum atomic E-state index is 0.0352. The van der Waals surface area contributed by atoms with Crippen LogP contribution in [0.15, 0.2) is 0 Å². The summed E-state index contributed by atoms with van der Waals surface area (Å²) in [6, 6.07) is 0. The van der Waals surface area contributed by atoms with E-state index in [-0.39, 0.29) is 12.5 Å². The normalized spacial score (nSPS) is 10.8. The Labute approximate surface area is 127 Å². The van der Waals surface area contributed by atoms with Crippen molar-refractivity contribution >= 4 is 15.3 Å². The van der Waals surface area contributed by atoms with Gasteiger partial charge in [0, 0.05) is 13.0 Å². The maximum atomic E-state index is 11.6. The highest BCUT2D eigenvalue weighted by Gasteiger charge is 2.06. The van der Waals surface area contributed by atoms with E-state index in [2.05, 4.69) is 16.3 Å². The van der Waals surface area contributed by atoms with Gasteiger partial charge in [0.2, 0.25) is 5.91 Å². The fourth-order valence-electron chi connectivity index (χ4n) is 2.32. The predicted molar refractivity (Wildman–Crippen MR) is 89.6 cm³/mol. The van der Waals surface area contributed by atoms with Gasteiger partial charge in [0.05, 0.1) is 6.61 Å². The van der Waals surface area contributed by atoms with Crippen LogP contribution in [-0.4, -0.2) is 28.8 Å². The molecule has 20 heavy (non-hydrogen) atoms. The minimum Gasteiger partial charge on any atom is -0.395 e. The molecule has 1 amide bonds. The lowest BCUT2D eigenvalue weighted by Crippen LogP contribution is -2.23. The average Bonchev–Trinajstić information content (AvgIpc) is 2.44. The second-order valence-electron chi connectivity index (χ2n) is 5.60.